The number of hydrogen-bond acceptors (Lipinski definition) is 6. The summed E-state index contributed by atoms with van der Waals surface area (Å²) in [7, 11) is 0. The number of morpholine rings is 1. The van der Waals surface area contributed by atoms with Gasteiger partial charge in [0.15, 0.2) is 0 Å². The number of non-ortho nitro benzene ring substituents is 1. The molecule has 38 heavy (non-hydrogen) atoms. The average Bonchev–Trinajstić information content (AvgIpc) is 3.29. The highest BCUT2D eigenvalue weighted by Gasteiger charge is 2.31. The Kier molecular flexibility index (Phi) is 7.93. The standard InChI is InChI=1S/C27H23F3N4O4/c28-27(29,30)22-2-1-3-23(16-22)32-26(35)21(17-31)15-20-7-6-19(25(20)33-10-12-38-13-11-33)14-18-4-8-24(9-5-18)34(36)37/h1-5,8-9,14-16H,6-7,10-13H2,(H,32,35). The predicted molar refractivity (Wildman–Crippen MR) is 133 cm³/mol. The van der Waals surface area contributed by atoms with Gasteiger partial charge in [-0.1, -0.05) is 6.07 Å². The second-order valence-corrected chi connectivity index (χ2v) is 8.69. The molecule has 2 aromatic carbocycles. The Morgan fingerprint density at radius 3 is 2.47 bits per heavy atom. The van der Waals surface area contributed by atoms with E-state index < -0.39 is 22.6 Å². The van der Waals surface area contributed by atoms with E-state index in [9.17, 15) is 33.3 Å². The molecule has 2 aromatic rings. The maximum Gasteiger partial charge on any atom is 0.416 e. The van der Waals surface area contributed by atoms with Gasteiger partial charge >= 0.3 is 6.18 Å². The molecule has 2 aliphatic rings. The lowest BCUT2D eigenvalue weighted by Crippen LogP contribution is -2.36. The molecule has 0 radical (unpaired) electrons. The molecule has 1 saturated heterocycles. The van der Waals surface area contributed by atoms with Crippen LogP contribution in [0.3, 0.4) is 0 Å². The molecule has 1 aliphatic heterocycles. The van der Waals surface area contributed by atoms with Gasteiger partial charge < -0.3 is 15.0 Å². The summed E-state index contributed by atoms with van der Waals surface area (Å²) in [6.45, 7) is 2.21. The number of carbonyl (C=O) groups excluding carboxylic acids is 1. The van der Waals surface area contributed by atoms with E-state index in [-0.39, 0.29) is 16.9 Å². The van der Waals surface area contributed by atoms with Gasteiger partial charge in [0, 0.05) is 36.6 Å². The van der Waals surface area contributed by atoms with Crippen molar-refractivity contribution in [3.63, 3.8) is 0 Å². The van der Waals surface area contributed by atoms with Crippen LogP contribution in [0.2, 0.25) is 0 Å². The number of rotatable bonds is 6. The van der Waals surface area contributed by atoms with Crippen LogP contribution in [-0.4, -0.2) is 42.0 Å². The van der Waals surface area contributed by atoms with Gasteiger partial charge in [0.25, 0.3) is 11.6 Å². The molecule has 1 fully saturated rings. The summed E-state index contributed by atoms with van der Waals surface area (Å²) in [6, 6.07) is 12.2. The Morgan fingerprint density at radius 2 is 1.84 bits per heavy atom. The Morgan fingerprint density at radius 1 is 1.13 bits per heavy atom. The fourth-order valence-electron chi connectivity index (χ4n) is 4.37. The van der Waals surface area contributed by atoms with Gasteiger partial charge in [0.1, 0.15) is 11.6 Å². The fourth-order valence-corrected chi connectivity index (χ4v) is 4.37. The second kappa shape index (κ2) is 11.3. The zero-order chi connectivity index (χ0) is 27.3. The van der Waals surface area contributed by atoms with Crippen LogP contribution in [0.4, 0.5) is 24.5 Å². The van der Waals surface area contributed by atoms with Gasteiger partial charge in [0.05, 0.1) is 23.7 Å². The highest BCUT2D eigenvalue weighted by molar-refractivity contribution is 6.07. The topological polar surface area (TPSA) is 108 Å². The Bertz CT molecular complexity index is 1370. The van der Waals surface area contributed by atoms with E-state index in [1.165, 1.54) is 30.3 Å². The maximum absolute atomic E-state index is 13.0. The van der Waals surface area contributed by atoms with Crippen molar-refractivity contribution in [3.8, 4) is 6.07 Å². The van der Waals surface area contributed by atoms with E-state index in [1.807, 2.05) is 12.1 Å². The van der Waals surface area contributed by atoms with Crippen LogP contribution < -0.4 is 5.32 Å². The number of anilines is 1. The largest absolute Gasteiger partial charge is 0.416 e. The van der Waals surface area contributed by atoms with Gasteiger partial charge in [-0.25, -0.2) is 0 Å². The van der Waals surface area contributed by atoms with Crippen molar-refractivity contribution in [2.45, 2.75) is 19.0 Å². The van der Waals surface area contributed by atoms with E-state index in [0.29, 0.717) is 39.1 Å². The van der Waals surface area contributed by atoms with Crippen LogP contribution in [0.25, 0.3) is 6.08 Å². The first-order valence-electron chi connectivity index (χ1n) is 11.8. The summed E-state index contributed by atoms with van der Waals surface area (Å²) < 4.78 is 44.6. The van der Waals surface area contributed by atoms with Crippen LogP contribution in [0.1, 0.15) is 24.0 Å². The third kappa shape index (κ3) is 6.27. The van der Waals surface area contributed by atoms with Crippen LogP contribution in [0, 0.1) is 21.4 Å². The number of ether oxygens (including phenoxy) is 1. The summed E-state index contributed by atoms with van der Waals surface area (Å²) in [6.07, 6.45) is -0.0196. The van der Waals surface area contributed by atoms with E-state index in [0.717, 1.165) is 34.5 Å². The normalized spacial score (nSPS) is 17.5. The number of nitro benzene ring substituents is 1. The Labute approximate surface area is 216 Å². The molecule has 0 saturated carbocycles. The molecule has 4 rings (SSSR count). The lowest BCUT2D eigenvalue weighted by Gasteiger charge is -2.31. The van der Waals surface area contributed by atoms with Crippen molar-refractivity contribution < 1.29 is 27.6 Å². The van der Waals surface area contributed by atoms with E-state index in [2.05, 4.69) is 10.2 Å². The van der Waals surface area contributed by atoms with Gasteiger partial charge in [0.2, 0.25) is 0 Å². The molecule has 1 N–H and O–H groups in total. The van der Waals surface area contributed by atoms with Gasteiger partial charge in [-0.2, -0.15) is 18.4 Å². The number of nitriles is 1. The smallest absolute Gasteiger partial charge is 0.378 e. The molecule has 11 heteroatoms. The van der Waals surface area contributed by atoms with Gasteiger partial charge in [-0.15, -0.1) is 0 Å². The van der Waals surface area contributed by atoms with Crippen molar-refractivity contribution >= 4 is 23.4 Å². The number of carbonyl (C=O) groups is 1. The maximum atomic E-state index is 13.0. The van der Waals surface area contributed by atoms with Crippen LogP contribution in [0.15, 0.2) is 77.0 Å². The molecule has 0 spiro atoms. The Balaban J connectivity index is 1.66. The highest BCUT2D eigenvalue weighted by Crippen LogP contribution is 2.37. The first kappa shape index (κ1) is 26.6. The number of benzene rings is 2. The van der Waals surface area contributed by atoms with Crippen LogP contribution in [-0.2, 0) is 15.7 Å². The predicted octanol–water partition coefficient (Wildman–Crippen LogP) is 5.47. The molecule has 8 nitrogen and oxygen atoms in total. The van der Waals surface area contributed by atoms with E-state index in [4.69, 9.17) is 4.74 Å². The number of nitrogens with zero attached hydrogens (tertiary/aromatic N) is 3. The fraction of sp³-hybridized carbons (Fsp3) is 0.259. The Hall–Kier alpha value is -4.43. The minimum absolute atomic E-state index is 0.0171. The number of hydrogen-bond donors (Lipinski definition) is 1. The summed E-state index contributed by atoms with van der Waals surface area (Å²) in [4.78, 5) is 25.4. The lowest BCUT2D eigenvalue weighted by atomic mass is 10.1. The van der Waals surface area contributed by atoms with Gasteiger partial charge in [-0.05, 0) is 72.0 Å². The summed E-state index contributed by atoms with van der Waals surface area (Å²) in [5, 5.41) is 23.1. The summed E-state index contributed by atoms with van der Waals surface area (Å²) >= 11 is 0. The van der Waals surface area contributed by atoms with Crippen LogP contribution in [0.5, 0.6) is 0 Å². The molecule has 0 bridgehead atoms. The lowest BCUT2D eigenvalue weighted by molar-refractivity contribution is -0.384. The van der Waals surface area contributed by atoms with Crippen molar-refractivity contribution in [3.05, 3.63) is 98.3 Å². The molecular weight excluding hydrogens is 501 g/mol. The zero-order valence-corrected chi connectivity index (χ0v) is 20.1. The third-order valence-corrected chi connectivity index (χ3v) is 6.18. The molecule has 0 unspecified atom stereocenters. The number of halogens is 3. The molecular formula is C27H23F3N4O4. The van der Waals surface area contributed by atoms with Crippen molar-refractivity contribution in [1.29, 1.82) is 5.26 Å². The molecule has 0 aromatic heterocycles. The average molecular weight is 524 g/mol. The number of alkyl halides is 3. The first-order chi connectivity index (χ1) is 18.2. The SMILES string of the molecule is N#CC(=CC1=C(N2CCOCC2)C(=Cc2ccc([N+](=O)[O-])cc2)CC1)C(=O)Nc1cccc(C(F)(F)F)c1. The first-order valence-corrected chi connectivity index (χ1v) is 11.8. The van der Waals surface area contributed by atoms with Crippen molar-refractivity contribution in [2.75, 3.05) is 31.6 Å². The number of amides is 1. The molecule has 1 amide bonds. The van der Waals surface area contributed by atoms with Crippen molar-refractivity contribution in [1.82, 2.24) is 4.90 Å². The second-order valence-electron chi connectivity index (χ2n) is 8.69. The minimum atomic E-state index is -4.57. The zero-order valence-electron chi connectivity index (χ0n) is 20.1. The number of nitrogens with one attached hydrogen (secondary N) is 1. The van der Waals surface area contributed by atoms with Crippen LogP contribution >= 0.6 is 0 Å². The number of nitro groups is 1. The van der Waals surface area contributed by atoms with E-state index >= 15 is 0 Å². The van der Waals surface area contributed by atoms with Gasteiger partial charge in [-0.3, -0.25) is 14.9 Å². The molecule has 1 aliphatic carbocycles. The number of allylic oxidation sites excluding steroid dienone is 3. The quantitative estimate of drug-likeness (QED) is 0.233. The van der Waals surface area contributed by atoms with Crippen molar-refractivity contribution in [2.24, 2.45) is 0 Å². The van der Waals surface area contributed by atoms with E-state index in [1.54, 1.807) is 12.1 Å². The third-order valence-electron chi connectivity index (χ3n) is 6.18. The summed E-state index contributed by atoms with van der Waals surface area (Å²) in [5.41, 5.74) is 2.08. The molecule has 1 heterocycles. The summed E-state index contributed by atoms with van der Waals surface area (Å²) in [5.74, 6) is -0.812. The highest BCUT2D eigenvalue weighted by atomic mass is 19.4. The monoisotopic (exact) mass is 524 g/mol. The molecule has 0 atom stereocenters. The minimum Gasteiger partial charge on any atom is -0.378 e. The molecule has 196 valence electrons.